The Morgan fingerprint density at radius 1 is 0.833 bits per heavy atom. The fourth-order valence-electron chi connectivity index (χ4n) is 3.22. The molecule has 2 bridgehead atoms. The Hall–Kier alpha value is -1.98. The molecular formula is C12H12O6. The van der Waals surface area contributed by atoms with E-state index >= 15 is 0 Å². The standard InChI is InChI=1S/C12H12O6/c13-3-7-5-1-2-6(8(7)4-14)10(12(17)18)9(5)11(15)16/h1-10H,(H,15,16)(H,17,18). The minimum atomic E-state index is -1.24. The fourth-order valence-corrected chi connectivity index (χ4v) is 3.22. The maximum Gasteiger partial charge on any atom is 0.308 e. The van der Waals surface area contributed by atoms with E-state index in [1.54, 1.807) is 12.2 Å². The van der Waals surface area contributed by atoms with E-state index < -0.39 is 47.4 Å². The SMILES string of the molecule is O=CC1C(C=O)C2C=CC1C(C(=O)O)C2C(=O)O. The van der Waals surface area contributed by atoms with Crippen molar-refractivity contribution < 1.29 is 29.4 Å². The van der Waals surface area contributed by atoms with Crippen LogP contribution in [-0.2, 0) is 19.2 Å². The molecule has 0 aromatic carbocycles. The highest BCUT2D eigenvalue weighted by atomic mass is 16.4. The summed E-state index contributed by atoms with van der Waals surface area (Å²) in [5.74, 6) is -7.70. The number of aliphatic carboxylic acids is 2. The number of aldehydes is 2. The topological polar surface area (TPSA) is 109 Å². The van der Waals surface area contributed by atoms with Crippen LogP contribution in [0.25, 0.3) is 0 Å². The lowest BCUT2D eigenvalue weighted by atomic mass is 9.54. The molecule has 18 heavy (non-hydrogen) atoms. The lowest BCUT2D eigenvalue weighted by Crippen LogP contribution is -2.54. The van der Waals surface area contributed by atoms with E-state index in [0.29, 0.717) is 12.6 Å². The first-order valence-corrected chi connectivity index (χ1v) is 5.57. The molecule has 1 fully saturated rings. The minimum Gasteiger partial charge on any atom is -0.481 e. The van der Waals surface area contributed by atoms with Crippen LogP contribution in [0, 0.1) is 35.5 Å². The zero-order chi connectivity index (χ0) is 13.4. The van der Waals surface area contributed by atoms with Crippen molar-refractivity contribution in [2.45, 2.75) is 0 Å². The molecule has 1 saturated carbocycles. The molecule has 0 heterocycles. The molecule has 0 aliphatic heterocycles. The lowest BCUT2D eigenvalue weighted by Gasteiger charge is -2.47. The van der Waals surface area contributed by atoms with Gasteiger partial charge in [0.15, 0.2) is 0 Å². The number of allylic oxidation sites excluding steroid dienone is 2. The average molecular weight is 252 g/mol. The van der Waals surface area contributed by atoms with Gasteiger partial charge in [-0.25, -0.2) is 0 Å². The highest BCUT2D eigenvalue weighted by Crippen LogP contribution is 2.50. The monoisotopic (exact) mass is 252 g/mol. The van der Waals surface area contributed by atoms with Crippen molar-refractivity contribution in [2.75, 3.05) is 0 Å². The zero-order valence-electron chi connectivity index (χ0n) is 9.30. The number of rotatable bonds is 4. The summed E-state index contributed by atoms with van der Waals surface area (Å²) in [7, 11) is 0. The molecule has 0 aromatic heterocycles. The van der Waals surface area contributed by atoms with Crippen molar-refractivity contribution in [3.8, 4) is 0 Å². The third kappa shape index (κ3) is 1.56. The molecule has 3 aliphatic rings. The van der Waals surface area contributed by atoms with E-state index in [1.807, 2.05) is 0 Å². The van der Waals surface area contributed by atoms with E-state index in [1.165, 1.54) is 0 Å². The summed E-state index contributed by atoms with van der Waals surface area (Å²) in [6.07, 6.45) is 4.24. The van der Waals surface area contributed by atoms with Crippen molar-refractivity contribution >= 4 is 24.5 Å². The molecule has 6 heteroatoms. The van der Waals surface area contributed by atoms with Gasteiger partial charge in [-0.3, -0.25) is 9.59 Å². The van der Waals surface area contributed by atoms with Crippen LogP contribution in [0.3, 0.4) is 0 Å². The van der Waals surface area contributed by atoms with Crippen molar-refractivity contribution in [3.63, 3.8) is 0 Å². The number of carboxylic acids is 2. The second kappa shape index (κ2) is 4.36. The summed E-state index contributed by atoms with van der Waals surface area (Å²) in [5.41, 5.74) is 0. The highest BCUT2D eigenvalue weighted by Gasteiger charge is 2.56. The fraction of sp³-hybridized carbons (Fsp3) is 0.500. The second-order valence-corrected chi connectivity index (χ2v) is 4.69. The van der Waals surface area contributed by atoms with Gasteiger partial charge in [0.2, 0.25) is 0 Å². The number of hydrogen-bond donors (Lipinski definition) is 2. The summed E-state index contributed by atoms with van der Waals surface area (Å²) in [6, 6.07) is 0. The van der Waals surface area contributed by atoms with Gasteiger partial charge >= 0.3 is 11.9 Å². The van der Waals surface area contributed by atoms with Crippen LogP contribution in [0.1, 0.15) is 0 Å². The summed E-state index contributed by atoms with van der Waals surface area (Å²) < 4.78 is 0. The number of fused-ring (bicyclic) bond motifs is 2. The van der Waals surface area contributed by atoms with Gasteiger partial charge < -0.3 is 19.8 Å². The lowest BCUT2D eigenvalue weighted by molar-refractivity contribution is -0.166. The maximum absolute atomic E-state index is 11.2. The molecule has 6 atom stereocenters. The number of hydrogen-bond acceptors (Lipinski definition) is 4. The Bertz CT molecular complexity index is 400. The number of carbonyl (C=O) groups excluding carboxylic acids is 2. The zero-order valence-corrected chi connectivity index (χ0v) is 9.30. The Balaban J connectivity index is 2.49. The number of carboxylic acid groups (broad SMARTS) is 2. The van der Waals surface area contributed by atoms with Gasteiger partial charge in [0.25, 0.3) is 0 Å². The Morgan fingerprint density at radius 2 is 1.17 bits per heavy atom. The van der Waals surface area contributed by atoms with Gasteiger partial charge in [-0.05, 0) is 0 Å². The van der Waals surface area contributed by atoms with Gasteiger partial charge in [-0.15, -0.1) is 0 Å². The van der Waals surface area contributed by atoms with Gasteiger partial charge in [-0.1, -0.05) is 12.2 Å². The Kier molecular flexibility index (Phi) is 3.02. The second-order valence-electron chi connectivity index (χ2n) is 4.69. The largest absolute Gasteiger partial charge is 0.481 e. The minimum absolute atomic E-state index is 0.564. The van der Waals surface area contributed by atoms with Crippen LogP contribution >= 0.6 is 0 Å². The summed E-state index contributed by atoms with van der Waals surface area (Å²) in [4.78, 5) is 44.5. The first-order valence-electron chi connectivity index (χ1n) is 5.57. The van der Waals surface area contributed by atoms with Crippen molar-refractivity contribution in [2.24, 2.45) is 35.5 Å². The van der Waals surface area contributed by atoms with E-state index in [4.69, 9.17) is 10.2 Å². The van der Waals surface area contributed by atoms with Crippen molar-refractivity contribution in [3.05, 3.63) is 12.2 Å². The quantitative estimate of drug-likeness (QED) is 0.531. The van der Waals surface area contributed by atoms with Gasteiger partial charge in [0, 0.05) is 23.7 Å². The van der Waals surface area contributed by atoms with Crippen LogP contribution in [0.5, 0.6) is 0 Å². The Labute approximate surface area is 102 Å². The van der Waals surface area contributed by atoms with Crippen LogP contribution in [-0.4, -0.2) is 34.7 Å². The van der Waals surface area contributed by atoms with E-state index in [9.17, 15) is 19.2 Å². The first kappa shape index (κ1) is 12.5. The van der Waals surface area contributed by atoms with Crippen molar-refractivity contribution in [1.29, 1.82) is 0 Å². The molecule has 0 saturated heterocycles. The molecule has 0 radical (unpaired) electrons. The van der Waals surface area contributed by atoms with Gasteiger partial charge in [-0.2, -0.15) is 0 Å². The highest BCUT2D eigenvalue weighted by molar-refractivity contribution is 5.84. The molecule has 0 aromatic rings. The van der Waals surface area contributed by atoms with Crippen LogP contribution < -0.4 is 0 Å². The normalized spacial score (nSPS) is 41.3. The molecule has 3 rings (SSSR count). The van der Waals surface area contributed by atoms with Crippen molar-refractivity contribution in [1.82, 2.24) is 0 Å². The molecule has 3 aliphatic carbocycles. The average Bonchev–Trinajstić information content (AvgIpc) is 2.36. The summed E-state index contributed by atoms with van der Waals surface area (Å²) >= 11 is 0. The molecule has 0 amide bonds. The summed E-state index contributed by atoms with van der Waals surface area (Å²) in [6.45, 7) is 0. The molecule has 96 valence electrons. The summed E-state index contributed by atoms with van der Waals surface area (Å²) in [5, 5.41) is 18.3. The predicted octanol–water partition coefficient (Wildman–Crippen LogP) is -0.166. The molecule has 2 N–H and O–H groups in total. The van der Waals surface area contributed by atoms with Crippen LogP contribution in [0.4, 0.5) is 0 Å². The van der Waals surface area contributed by atoms with E-state index in [-0.39, 0.29) is 0 Å². The van der Waals surface area contributed by atoms with E-state index in [0.717, 1.165) is 0 Å². The molecular weight excluding hydrogens is 240 g/mol. The van der Waals surface area contributed by atoms with E-state index in [2.05, 4.69) is 0 Å². The number of carbonyl (C=O) groups is 4. The third-order valence-corrected chi connectivity index (χ3v) is 3.99. The van der Waals surface area contributed by atoms with Gasteiger partial charge in [0.1, 0.15) is 12.6 Å². The third-order valence-electron chi connectivity index (χ3n) is 3.99. The van der Waals surface area contributed by atoms with Crippen LogP contribution in [0.15, 0.2) is 12.2 Å². The molecule has 6 nitrogen and oxygen atoms in total. The maximum atomic E-state index is 11.2. The molecule has 6 unspecified atom stereocenters. The van der Waals surface area contributed by atoms with Gasteiger partial charge in [0.05, 0.1) is 11.8 Å². The first-order chi connectivity index (χ1) is 8.52. The Morgan fingerprint density at radius 3 is 1.39 bits per heavy atom. The predicted molar refractivity (Wildman–Crippen MR) is 57.5 cm³/mol. The smallest absolute Gasteiger partial charge is 0.308 e. The van der Waals surface area contributed by atoms with Crippen LogP contribution in [0.2, 0.25) is 0 Å². The molecule has 0 spiro atoms.